The van der Waals surface area contributed by atoms with Crippen molar-refractivity contribution < 1.29 is 0 Å². The van der Waals surface area contributed by atoms with Gasteiger partial charge in [-0.25, -0.2) is 0 Å². The average Bonchev–Trinajstić information content (AvgIpc) is 2.47. The van der Waals surface area contributed by atoms with E-state index in [0.717, 1.165) is 24.4 Å². The molecular formula is C16H18N2. The topological polar surface area (TPSA) is 24.9 Å². The van der Waals surface area contributed by atoms with Gasteiger partial charge < -0.3 is 5.32 Å². The molecule has 1 N–H and O–H groups in total. The first kappa shape index (κ1) is 11.5. The maximum Gasteiger partial charge on any atom is 0.0432 e. The summed E-state index contributed by atoms with van der Waals surface area (Å²) in [6.45, 7) is 1.16. The van der Waals surface area contributed by atoms with Gasteiger partial charge in [0, 0.05) is 24.0 Å². The zero-order valence-electron chi connectivity index (χ0n) is 10.5. The zero-order chi connectivity index (χ0) is 12.4. The van der Waals surface area contributed by atoms with Gasteiger partial charge in [0.15, 0.2) is 0 Å². The first-order chi connectivity index (χ1) is 8.86. The molecule has 18 heavy (non-hydrogen) atoms. The van der Waals surface area contributed by atoms with Crippen LogP contribution in [0.2, 0.25) is 0 Å². The Bertz CT molecular complexity index is 510. The molecule has 0 amide bonds. The molecule has 0 aromatic carbocycles. The van der Waals surface area contributed by atoms with Crippen molar-refractivity contribution in [1.82, 2.24) is 10.3 Å². The molecule has 2 heterocycles. The van der Waals surface area contributed by atoms with Gasteiger partial charge >= 0.3 is 0 Å². The average molecular weight is 238 g/mol. The number of allylic oxidation sites excluding steroid dienone is 1. The third-order valence-corrected chi connectivity index (χ3v) is 4.11. The van der Waals surface area contributed by atoms with Crippen LogP contribution in [-0.2, 0) is 0 Å². The number of hydrogen-bond acceptors (Lipinski definition) is 2. The lowest BCUT2D eigenvalue weighted by atomic mass is 9.78. The van der Waals surface area contributed by atoms with E-state index in [1.807, 2.05) is 6.20 Å². The molecule has 0 bridgehead atoms. The standard InChI is InChI=1S/C16H18N2/c1-2-12-8-15(11-17-10-12)14-6-5-13-4-3-7-18-16(13)9-14/h1,6,8,10-11,13,16,18H,3-5,7,9H2/t13-,16+/m1/s1. The van der Waals surface area contributed by atoms with E-state index in [0.29, 0.717) is 6.04 Å². The minimum atomic E-state index is 0.647. The third kappa shape index (κ3) is 2.19. The van der Waals surface area contributed by atoms with E-state index in [-0.39, 0.29) is 0 Å². The Balaban J connectivity index is 1.84. The molecule has 1 aliphatic carbocycles. The summed E-state index contributed by atoms with van der Waals surface area (Å²) in [5.41, 5.74) is 3.46. The highest BCUT2D eigenvalue weighted by Crippen LogP contribution is 2.34. The molecule has 1 aliphatic heterocycles. The molecule has 0 spiro atoms. The molecule has 3 rings (SSSR count). The number of aromatic nitrogens is 1. The van der Waals surface area contributed by atoms with Gasteiger partial charge in [0.1, 0.15) is 0 Å². The second-order valence-electron chi connectivity index (χ2n) is 5.24. The van der Waals surface area contributed by atoms with Crippen molar-refractivity contribution in [2.45, 2.75) is 31.7 Å². The number of nitrogens with zero attached hydrogens (tertiary/aromatic N) is 1. The monoisotopic (exact) mass is 238 g/mol. The van der Waals surface area contributed by atoms with Gasteiger partial charge in [-0.15, -0.1) is 6.42 Å². The molecule has 0 radical (unpaired) electrons. The highest BCUT2D eigenvalue weighted by atomic mass is 14.9. The first-order valence-electron chi connectivity index (χ1n) is 6.71. The summed E-state index contributed by atoms with van der Waals surface area (Å²) in [5.74, 6) is 3.48. The lowest BCUT2D eigenvalue weighted by molar-refractivity contribution is 0.278. The van der Waals surface area contributed by atoms with Crippen LogP contribution in [0.5, 0.6) is 0 Å². The van der Waals surface area contributed by atoms with E-state index in [1.54, 1.807) is 6.20 Å². The predicted octanol–water partition coefficient (Wildman–Crippen LogP) is 2.61. The molecule has 92 valence electrons. The molecular weight excluding hydrogens is 220 g/mol. The van der Waals surface area contributed by atoms with Crippen molar-refractivity contribution in [2.24, 2.45) is 5.92 Å². The van der Waals surface area contributed by atoms with Crippen LogP contribution in [0.3, 0.4) is 0 Å². The Morgan fingerprint density at radius 1 is 1.39 bits per heavy atom. The van der Waals surface area contributed by atoms with Crippen LogP contribution in [0.25, 0.3) is 5.57 Å². The highest BCUT2D eigenvalue weighted by Gasteiger charge is 2.28. The van der Waals surface area contributed by atoms with E-state index >= 15 is 0 Å². The Hall–Kier alpha value is -1.59. The summed E-state index contributed by atoms with van der Waals surface area (Å²) in [7, 11) is 0. The predicted molar refractivity (Wildman–Crippen MR) is 73.9 cm³/mol. The molecule has 2 atom stereocenters. The number of piperidine rings is 1. The highest BCUT2D eigenvalue weighted by molar-refractivity contribution is 5.67. The van der Waals surface area contributed by atoms with E-state index in [4.69, 9.17) is 6.42 Å². The number of fused-ring (bicyclic) bond motifs is 1. The number of rotatable bonds is 1. The van der Waals surface area contributed by atoms with Gasteiger partial charge in [-0.1, -0.05) is 12.0 Å². The molecule has 2 nitrogen and oxygen atoms in total. The van der Waals surface area contributed by atoms with Gasteiger partial charge in [-0.05, 0) is 55.3 Å². The van der Waals surface area contributed by atoms with Crippen molar-refractivity contribution >= 4 is 5.57 Å². The maximum atomic E-state index is 5.43. The third-order valence-electron chi connectivity index (χ3n) is 4.11. The normalized spacial score (nSPS) is 26.9. The zero-order valence-corrected chi connectivity index (χ0v) is 10.5. The van der Waals surface area contributed by atoms with Crippen molar-refractivity contribution in [1.29, 1.82) is 0 Å². The fourth-order valence-electron chi connectivity index (χ4n) is 3.08. The second-order valence-corrected chi connectivity index (χ2v) is 5.24. The lowest BCUT2D eigenvalue weighted by Gasteiger charge is -2.36. The van der Waals surface area contributed by atoms with Crippen molar-refractivity contribution in [3.05, 3.63) is 35.7 Å². The van der Waals surface area contributed by atoms with Crippen LogP contribution < -0.4 is 5.32 Å². The SMILES string of the molecule is C#Cc1cncc(C2=CC[C@H]3CCCN[C@H]3C2)c1. The summed E-state index contributed by atoms with van der Waals surface area (Å²) in [6, 6.07) is 2.72. The van der Waals surface area contributed by atoms with Crippen molar-refractivity contribution in [3.63, 3.8) is 0 Å². The van der Waals surface area contributed by atoms with E-state index in [1.165, 1.54) is 30.4 Å². The van der Waals surface area contributed by atoms with E-state index < -0.39 is 0 Å². The summed E-state index contributed by atoms with van der Waals surface area (Å²) in [4.78, 5) is 4.23. The van der Waals surface area contributed by atoms with Crippen LogP contribution in [0.15, 0.2) is 24.5 Å². The van der Waals surface area contributed by atoms with Crippen LogP contribution >= 0.6 is 0 Å². The first-order valence-corrected chi connectivity index (χ1v) is 6.71. The summed E-state index contributed by atoms with van der Waals surface area (Å²) < 4.78 is 0. The molecule has 1 aromatic rings. The van der Waals surface area contributed by atoms with Crippen LogP contribution in [0.4, 0.5) is 0 Å². The van der Waals surface area contributed by atoms with Crippen LogP contribution in [0, 0.1) is 18.3 Å². The van der Waals surface area contributed by atoms with Gasteiger partial charge in [-0.3, -0.25) is 4.98 Å². The Morgan fingerprint density at radius 3 is 3.22 bits per heavy atom. The van der Waals surface area contributed by atoms with Gasteiger partial charge in [0.25, 0.3) is 0 Å². The fourth-order valence-corrected chi connectivity index (χ4v) is 3.08. The minimum Gasteiger partial charge on any atom is -0.313 e. The number of hydrogen-bond donors (Lipinski definition) is 1. The Kier molecular flexibility index (Phi) is 3.17. The Labute approximate surface area is 109 Å². The summed E-state index contributed by atoms with van der Waals surface area (Å²) in [5, 5.41) is 3.65. The Morgan fingerprint density at radius 2 is 2.33 bits per heavy atom. The van der Waals surface area contributed by atoms with Crippen LogP contribution in [0.1, 0.15) is 36.8 Å². The van der Waals surface area contributed by atoms with Crippen molar-refractivity contribution in [2.75, 3.05) is 6.54 Å². The van der Waals surface area contributed by atoms with E-state index in [9.17, 15) is 0 Å². The van der Waals surface area contributed by atoms with Crippen molar-refractivity contribution in [3.8, 4) is 12.3 Å². The van der Waals surface area contributed by atoms with Gasteiger partial charge in [-0.2, -0.15) is 0 Å². The molecule has 0 saturated carbocycles. The largest absolute Gasteiger partial charge is 0.313 e. The maximum absolute atomic E-state index is 5.43. The molecule has 2 aliphatic rings. The van der Waals surface area contributed by atoms with E-state index in [2.05, 4.69) is 28.4 Å². The van der Waals surface area contributed by atoms with Gasteiger partial charge in [0.05, 0.1) is 0 Å². The number of terminal acetylenes is 1. The number of nitrogens with one attached hydrogen (secondary N) is 1. The molecule has 1 saturated heterocycles. The van der Waals surface area contributed by atoms with Gasteiger partial charge in [0.2, 0.25) is 0 Å². The lowest BCUT2D eigenvalue weighted by Crippen LogP contribution is -2.42. The summed E-state index contributed by atoms with van der Waals surface area (Å²) >= 11 is 0. The molecule has 1 fully saturated rings. The fraction of sp³-hybridized carbons (Fsp3) is 0.438. The minimum absolute atomic E-state index is 0.647. The quantitative estimate of drug-likeness (QED) is 0.761. The van der Waals surface area contributed by atoms with Crippen LogP contribution in [-0.4, -0.2) is 17.6 Å². The summed E-state index contributed by atoms with van der Waals surface area (Å²) in [6.07, 6.45) is 16.5. The molecule has 0 unspecified atom stereocenters. The molecule has 2 heteroatoms. The number of pyridine rings is 1. The smallest absolute Gasteiger partial charge is 0.0432 e. The molecule has 1 aromatic heterocycles. The second kappa shape index (κ2) is 4.96.